The van der Waals surface area contributed by atoms with Gasteiger partial charge in [-0.2, -0.15) is 0 Å². The number of para-hydroxylation sites is 2. The number of hydrogen-bond donors (Lipinski definition) is 0. The molecular weight excluding hydrogens is 328 g/mol. The Kier molecular flexibility index (Phi) is 5.76. The fourth-order valence-corrected chi connectivity index (χ4v) is 3.78. The van der Waals surface area contributed by atoms with Gasteiger partial charge in [0.05, 0.1) is 24.9 Å². The van der Waals surface area contributed by atoms with Crippen LogP contribution in [0.1, 0.15) is 45.6 Å². The van der Waals surface area contributed by atoms with E-state index < -0.39 is 0 Å². The molecule has 1 aromatic heterocycles. The van der Waals surface area contributed by atoms with Gasteiger partial charge in [0.2, 0.25) is 0 Å². The number of ether oxygens (including phenoxy) is 1. The fraction of sp³-hybridized carbons (Fsp3) is 0.632. The van der Waals surface area contributed by atoms with Crippen LogP contribution >= 0.6 is 0 Å². The van der Waals surface area contributed by atoms with E-state index in [-0.39, 0.29) is 12.1 Å². The molecule has 0 bridgehead atoms. The summed E-state index contributed by atoms with van der Waals surface area (Å²) in [5, 5.41) is 12.5. The zero-order valence-electron chi connectivity index (χ0n) is 16.5. The number of methoxy groups -OCH3 is 1. The van der Waals surface area contributed by atoms with Gasteiger partial charge >= 0.3 is 0 Å². The number of nitrogens with zero attached hydrogens (tertiary/aromatic N) is 6. The molecular formula is C19H30N6O. The highest BCUT2D eigenvalue weighted by atomic mass is 16.5. The zero-order valence-corrected chi connectivity index (χ0v) is 16.5. The van der Waals surface area contributed by atoms with Crippen molar-refractivity contribution in [2.24, 2.45) is 5.92 Å². The second-order valence-electron chi connectivity index (χ2n) is 7.46. The van der Waals surface area contributed by atoms with E-state index in [1.54, 1.807) is 7.11 Å². The summed E-state index contributed by atoms with van der Waals surface area (Å²) in [6.45, 7) is 12.6. The Hall–Kier alpha value is -2.15. The maximum absolute atomic E-state index is 5.53. The smallest absolute Gasteiger partial charge is 0.168 e. The normalized spacial score (nSPS) is 17.1. The molecule has 1 aliphatic rings. The predicted molar refractivity (Wildman–Crippen MR) is 103 cm³/mol. The number of tetrazole rings is 1. The molecule has 7 heteroatoms. The van der Waals surface area contributed by atoms with Crippen LogP contribution in [0.15, 0.2) is 24.3 Å². The van der Waals surface area contributed by atoms with Crippen LogP contribution < -0.4 is 9.64 Å². The molecule has 1 aromatic carbocycles. The average molecular weight is 358 g/mol. The Balaban J connectivity index is 1.75. The van der Waals surface area contributed by atoms with Crippen LogP contribution in [0.5, 0.6) is 5.75 Å². The van der Waals surface area contributed by atoms with Crippen molar-refractivity contribution in [3.63, 3.8) is 0 Å². The third-order valence-electron chi connectivity index (χ3n) is 5.04. The average Bonchev–Trinajstić information content (AvgIpc) is 3.11. The summed E-state index contributed by atoms with van der Waals surface area (Å²) < 4.78 is 7.48. The largest absolute Gasteiger partial charge is 0.495 e. The predicted octanol–water partition coefficient (Wildman–Crippen LogP) is 2.78. The van der Waals surface area contributed by atoms with E-state index in [0.717, 1.165) is 37.8 Å². The van der Waals surface area contributed by atoms with Crippen molar-refractivity contribution in [3.8, 4) is 5.75 Å². The van der Waals surface area contributed by atoms with Crippen molar-refractivity contribution >= 4 is 5.69 Å². The molecule has 1 aliphatic heterocycles. The number of rotatable bonds is 6. The van der Waals surface area contributed by atoms with E-state index in [4.69, 9.17) is 4.74 Å². The summed E-state index contributed by atoms with van der Waals surface area (Å²) >= 11 is 0. The van der Waals surface area contributed by atoms with E-state index in [2.05, 4.69) is 65.2 Å². The minimum Gasteiger partial charge on any atom is -0.495 e. The first-order valence-corrected chi connectivity index (χ1v) is 9.42. The van der Waals surface area contributed by atoms with Crippen molar-refractivity contribution in [2.75, 3.05) is 38.2 Å². The molecule has 1 fully saturated rings. The Morgan fingerprint density at radius 3 is 2.31 bits per heavy atom. The number of piperazine rings is 1. The first-order valence-electron chi connectivity index (χ1n) is 9.42. The molecule has 0 aliphatic carbocycles. The lowest BCUT2D eigenvalue weighted by Crippen LogP contribution is -2.49. The number of hydrogen-bond acceptors (Lipinski definition) is 6. The van der Waals surface area contributed by atoms with Crippen LogP contribution in [0.2, 0.25) is 0 Å². The summed E-state index contributed by atoms with van der Waals surface area (Å²) in [6, 6.07) is 8.73. The van der Waals surface area contributed by atoms with E-state index in [1.165, 1.54) is 5.69 Å². The first-order chi connectivity index (χ1) is 12.5. The van der Waals surface area contributed by atoms with Gasteiger partial charge in [0.1, 0.15) is 5.75 Å². The van der Waals surface area contributed by atoms with Crippen LogP contribution in [-0.2, 0) is 0 Å². The second kappa shape index (κ2) is 8.03. The van der Waals surface area contributed by atoms with E-state index >= 15 is 0 Å². The van der Waals surface area contributed by atoms with Crippen LogP contribution in [-0.4, -0.2) is 58.4 Å². The van der Waals surface area contributed by atoms with Gasteiger partial charge in [-0.05, 0) is 42.3 Å². The molecule has 1 unspecified atom stereocenters. The minimum absolute atomic E-state index is 0.229. The molecule has 2 aromatic rings. The Bertz CT molecular complexity index is 706. The van der Waals surface area contributed by atoms with E-state index in [9.17, 15) is 0 Å². The SMILES string of the molecule is COc1ccccc1N1CCN(C(c2nnnn2C(C)C)C(C)C)CC1. The highest BCUT2D eigenvalue weighted by molar-refractivity contribution is 5.58. The number of benzene rings is 1. The van der Waals surface area contributed by atoms with Gasteiger partial charge in [-0.15, -0.1) is 5.10 Å². The molecule has 0 spiro atoms. The molecule has 7 nitrogen and oxygen atoms in total. The monoisotopic (exact) mass is 358 g/mol. The second-order valence-corrected chi connectivity index (χ2v) is 7.46. The first kappa shape index (κ1) is 18.6. The maximum atomic E-state index is 5.53. The molecule has 1 saturated heterocycles. The molecule has 2 heterocycles. The summed E-state index contributed by atoms with van der Waals surface area (Å²) in [7, 11) is 1.73. The molecule has 26 heavy (non-hydrogen) atoms. The lowest BCUT2D eigenvalue weighted by atomic mass is 10.00. The van der Waals surface area contributed by atoms with Gasteiger partial charge in [0.25, 0.3) is 0 Å². The van der Waals surface area contributed by atoms with Gasteiger partial charge < -0.3 is 9.64 Å². The summed E-state index contributed by atoms with van der Waals surface area (Å²) in [4.78, 5) is 4.92. The van der Waals surface area contributed by atoms with Crippen molar-refractivity contribution in [3.05, 3.63) is 30.1 Å². The third kappa shape index (κ3) is 3.67. The Morgan fingerprint density at radius 2 is 1.69 bits per heavy atom. The highest BCUT2D eigenvalue weighted by Crippen LogP contribution is 2.32. The van der Waals surface area contributed by atoms with Gasteiger partial charge in [-0.25, -0.2) is 4.68 Å². The molecule has 142 valence electrons. The topological polar surface area (TPSA) is 59.3 Å². The Morgan fingerprint density at radius 1 is 1.00 bits per heavy atom. The highest BCUT2D eigenvalue weighted by Gasteiger charge is 2.32. The van der Waals surface area contributed by atoms with Gasteiger partial charge in [-0.3, -0.25) is 4.90 Å². The van der Waals surface area contributed by atoms with E-state index in [1.807, 2.05) is 16.8 Å². The summed E-state index contributed by atoms with van der Waals surface area (Å²) in [6.07, 6.45) is 0. The molecule has 0 amide bonds. The van der Waals surface area contributed by atoms with Gasteiger partial charge in [-0.1, -0.05) is 26.0 Å². The van der Waals surface area contributed by atoms with Crippen molar-refractivity contribution in [2.45, 2.75) is 39.8 Å². The van der Waals surface area contributed by atoms with Crippen LogP contribution in [0.3, 0.4) is 0 Å². The Labute approximate surface area is 155 Å². The molecule has 0 N–H and O–H groups in total. The van der Waals surface area contributed by atoms with E-state index in [0.29, 0.717) is 5.92 Å². The standard InChI is InChI=1S/C19H30N6O/c1-14(2)18(19-20-21-22-25(19)15(3)4)24-12-10-23(11-13-24)16-8-6-7-9-17(16)26-5/h6-9,14-15,18H,10-13H2,1-5H3. The summed E-state index contributed by atoms with van der Waals surface area (Å²) in [5.74, 6) is 2.35. The molecule has 0 saturated carbocycles. The lowest BCUT2D eigenvalue weighted by molar-refractivity contribution is 0.133. The lowest BCUT2D eigenvalue weighted by Gasteiger charge is -2.41. The zero-order chi connectivity index (χ0) is 18.7. The fourth-order valence-electron chi connectivity index (χ4n) is 3.78. The molecule has 3 rings (SSSR count). The maximum Gasteiger partial charge on any atom is 0.168 e. The molecule has 0 radical (unpaired) electrons. The minimum atomic E-state index is 0.229. The van der Waals surface area contributed by atoms with Crippen molar-refractivity contribution in [1.82, 2.24) is 25.1 Å². The van der Waals surface area contributed by atoms with Crippen LogP contribution in [0.25, 0.3) is 0 Å². The van der Waals surface area contributed by atoms with Crippen molar-refractivity contribution < 1.29 is 4.74 Å². The van der Waals surface area contributed by atoms with Gasteiger partial charge in [0, 0.05) is 26.2 Å². The quantitative estimate of drug-likeness (QED) is 0.791. The summed E-state index contributed by atoms with van der Waals surface area (Å²) in [5.41, 5.74) is 1.17. The number of anilines is 1. The van der Waals surface area contributed by atoms with Crippen LogP contribution in [0, 0.1) is 5.92 Å². The number of aromatic nitrogens is 4. The molecule has 1 atom stereocenters. The van der Waals surface area contributed by atoms with Crippen LogP contribution in [0.4, 0.5) is 5.69 Å². The van der Waals surface area contributed by atoms with Crippen molar-refractivity contribution in [1.29, 1.82) is 0 Å². The van der Waals surface area contributed by atoms with Gasteiger partial charge in [0.15, 0.2) is 5.82 Å². The third-order valence-corrected chi connectivity index (χ3v) is 5.04.